The predicted molar refractivity (Wildman–Crippen MR) is 144 cm³/mol. The Kier molecular flexibility index (Phi) is 7.41. The summed E-state index contributed by atoms with van der Waals surface area (Å²) in [5.74, 6) is -0.237. The molecule has 0 unspecified atom stereocenters. The van der Waals surface area contributed by atoms with Gasteiger partial charge >= 0.3 is 11.9 Å². The highest BCUT2D eigenvalue weighted by molar-refractivity contribution is 7.17. The zero-order valence-corrected chi connectivity index (χ0v) is 21.9. The number of aromatic nitrogens is 2. The maximum Gasteiger partial charge on any atom is 0.341 e. The molecule has 0 spiro atoms. The third kappa shape index (κ3) is 5.26. The number of carbonyl (C=O) groups excluding carboxylic acids is 3. The van der Waals surface area contributed by atoms with E-state index in [0.29, 0.717) is 27.4 Å². The Balaban J connectivity index is 1.26. The van der Waals surface area contributed by atoms with Crippen LogP contribution in [0.1, 0.15) is 50.4 Å². The number of hydrogen-bond acceptors (Lipinski definition) is 8. The Morgan fingerprint density at radius 1 is 1.00 bits per heavy atom. The Labute approximate surface area is 223 Å². The van der Waals surface area contributed by atoms with E-state index in [1.165, 1.54) is 18.4 Å². The maximum absolute atomic E-state index is 12.7. The summed E-state index contributed by atoms with van der Waals surface area (Å²) in [6.45, 7) is -0.486. The van der Waals surface area contributed by atoms with Gasteiger partial charge in [-0.2, -0.15) is 0 Å². The first kappa shape index (κ1) is 25.5. The quantitative estimate of drug-likeness (QED) is 0.249. The molecule has 5 rings (SSSR count). The largest absolute Gasteiger partial charge is 0.497 e. The van der Waals surface area contributed by atoms with Gasteiger partial charge in [-0.05, 0) is 73.7 Å². The van der Waals surface area contributed by atoms with Gasteiger partial charge in [0, 0.05) is 10.4 Å². The van der Waals surface area contributed by atoms with Crippen LogP contribution < -0.4 is 10.1 Å². The van der Waals surface area contributed by atoms with Gasteiger partial charge in [0.25, 0.3) is 5.91 Å². The maximum atomic E-state index is 12.7. The summed E-state index contributed by atoms with van der Waals surface area (Å²) in [5, 5.41) is 3.19. The number of amides is 1. The minimum atomic E-state index is -0.641. The molecule has 0 atom stereocenters. The van der Waals surface area contributed by atoms with E-state index in [1.54, 1.807) is 25.3 Å². The summed E-state index contributed by atoms with van der Waals surface area (Å²) in [6.07, 6.45) is 4.78. The van der Waals surface area contributed by atoms with E-state index in [4.69, 9.17) is 14.2 Å². The number of methoxy groups -OCH3 is 2. The number of esters is 2. The Hall–Kier alpha value is -4.18. The molecule has 0 saturated heterocycles. The first-order valence-corrected chi connectivity index (χ1v) is 13.1. The fraction of sp³-hybridized carbons (Fsp3) is 0.286. The van der Waals surface area contributed by atoms with E-state index in [2.05, 4.69) is 15.3 Å². The minimum absolute atomic E-state index is 0.285. The Bertz CT molecular complexity index is 1510. The SMILES string of the molecule is COC(=O)c1c(NC(=O)COC(=O)c2ccc3nc(-c4ccc(OC)cc4)[nH]c3c2)sc2c1CCCCC2. The van der Waals surface area contributed by atoms with Crippen LogP contribution in [0.15, 0.2) is 42.5 Å². The molecule has 2 heterocycles. The fourth-order valence-corrected chi connectivity index (χ4v) is 5.84. The van der Waals surface area contributed by atoms with E-state index in [9.17, 15) is 14.4 Å². The smallest absolute Gasteiger partial charge is 0.341 e. The molecule has 4 aromatic rings. The summed E-state index contributed by atoms with van der Waals surface area (Å²) in [6, 6.07) is 12.4. The highest BCUT2D eigenvalue weighted by atomic mass is 32.1. The third-order valence-electron chi connectivity index (χ3n) is 6.48. The summed E-state index contributed by atoms with van der Waals surface area (Å²) < 4.78 is 15.4. The van der Waals surface area contributed by atoms with Gasteiger partial charge in [-0.1, -0.05) is 6.42 Å². The zero-order chi connectivity index (χ0) is 26.6. The van der Waals surface area contributed by atoms with E-state index in [-0.39, 0.29) is 5.56 Å². The number of nitrogens with zero attached hydrogens (tertiary/aromatic N) is 1. The minimum Gasteiger partial charge on any atom is -0.497 e. The van der Waals surface area contributed by atoms with Crippen LogP contribution in [0.25, 0.3) is 22.4 Å². The van der Waals surface area contributed by atoms with Gasteiger partial charge in [0.05, 0.1) is 36.4 Å². The average Bonchev–Trinajstić information content (AvgIpc) is 3.44. The molecule has 0 aliphatic heterocycles. The van der Waals surface area contributed by atoms with Crippen molar-refractivity contribution in [2.24, 2.45) is 0 Å². The number of thiophene rings is 1. The number of aromatic amines is 1. The molecular weight excluding hydrogens is 506 g/mol. The van der Waals surface area contributed by atoms with E-state index in [0.717, 1.165) is 53.9 Å². The summed E-state index contributed by atoms with van der Waals surface area (Å²) in [5.41, 5.74) is 3.88. The number of fused-ring (bicyclic) bond motifs is 2. The highest BCUT2D eigenvalue weighted by Crippen LogP contribution is 2.38. The van der Waals surface area contributed by atoms with Crippen molar-refractivity contribution in [2.75, 3.05) is 26.1 Å². The number of ether oxygens (including phenoxy) is 3. The van der Waals surface area contributed by atoms with Gasteiger partial charge in [0.2, 0.25) is 0 Å². The molecular formula is C28H27N3O6S. The van der Waals surface area contributed by atoms with Gasteiger partial charge in [0.15, 0.2) is 6.61 Å². The number of aryl methyl sites for hydroxylation is 1. The van der Waals surface area contributed by atoms with Crippen molar-refractivity contribution < 1.29 is 28.6 Å². The number of benzene rings is 2. The number of carbonyl (C=O) groups is 3. The van der Waals surface area contributed by atoms with Crippen LogP contribution in [0.3, 0.4) is 0 Å². The molecule has 2 aromatic carbocycles. The molecule has 0 saturated carbocycles. The van der Waals surface area contributed by atoms with Crippen LogP contribution >= 0.6 is 11.3 Å². The van der Waals surface area contributed by atoms with E-state index in [1.807, 2.05) is 24.3 Å². The fourth-order valence-electron chi connectivity index (χ4n) is 4.55. The standard InChI is InChI=1S/C28H27N3O6S/c1-35-18-11-8-16(9-12-18)25-29-20-13-10-17(14-21(20)30-25)27(33)37-15-23(32)31-26-24(28(34)36-2)19-6-4-3-5-7-22(19)38-26/h8-14H,3-7,15H2,1-2H3,(H,29,30)(H,31,32). The van der Waals surface area contributed by atoms with Crippen molar-refractivity contribution in [3.8, 4) is 17.1 Å². The second kappa shape index (κ2) is 11.1. The first-order chi connectivity index (χ1) is 18.5. The van der Waals surface area contributed by atoms with Crippen LogP contribution in [0.5, 0.6) is 5.75 Å². The van der Waals surface area contributed by atoms with Crippen LogP contribution in [0, 0.1) is 0 Å². The van der Waals surface area contributed by atoms with Crippen LogP contribution in [-0.2, 0) is 27.1 Å². The van der Waals surface area contributed by atoms with Crippen molar-refractivity contribution in [3.05, 3.63) is 64.0 Å². The number of rotatable bonds is 7. The van der Waals surface area contributed by atoms with E-state index >= 15 is 0 Å². The van der Waals surface area contributed by atoms with E-state index < -0.39 is 24.5 Å². The molecule has 0 radical (unpaired) electrons. The van der Waals surface area contributed by atoms with Crippen molar-refractivity contribution in [1.29, 1.82) is 0 Å². The zero-order valence-electron chi connectivity index (χ0n) is 21.1. The third-order valence-corrected chi connectivity index (χ3v) is 7.69. The molecule has 9 nitrogen and oxygen atoms in total. The number of anilines is 1. The van der Waals surface area contributed by atoms with Crippen LogP contribution in [0.4, 0.5) is 5.00 Å². The van der Waals surface area contributed by atoms with Crippen molar-refractivity contribution in [2.45, 2.75) is 32.1 Å². The number of hydrogen-bond donors (Lipinski definition) is 2. The second-order valence-electron chi connectivity index (χ2n) is 8.93. The summed E-state index contributed by atoms with van der Waals surface area (Å²) >= 11 is 1.39. The Morgan fingerprint density at radius 2 is 1.79 bits per heavy atom. The lowest BCUT2D eigenvalue weighted by Gasteiger charge is -2.08. The lowest BCUT2D eigenvalue weighted by Crippen LogP contribution is -2.21. The van der Waals surface area contributed by atoms with Crippen molar-refractivity contribution in [3.63, 3.8) is 0 Å². The average molecular weight is 534 g/mol. The number of imidazole rings is 1. The van der Waals surface area contributed by atoms with Gasteiger partial charge in [-0.15, -0.1) is 11.3 Å². The summed E-state index contributed by atoms with van der Waals surface area (Å²) in [4.78, 5) is 46.7. The monoisotopic (exact) mass is 533 g/mol. The normalized spacial score (nSPS) is 12.9. The van der Waals surface area contributed by atoms with Gasteiger partial charge in [0.1, 0.15) is 16.6 Å². The number of H-pyrrole nitrogens is 1. The molecule has 1 aliphatic carbocycles. The van der Waals surface area contributed by atoms with Gasteiger partial charge in [-0.25, -0.2) is 14.6 Å². The van der Waals surface area contributed by atoms with Gasteiger partial charge in [-0.3, -0.25) is 4.79 Å². The lowest BCUT2D eigenvalue weighted by atomic mass is 10.1. The highest BCUT2D eigenvalue weighted by Gasteiger charge is 2.26. The van der Waals surface area contributed by atoms with Crippen LogP contribution in [-0.4, -0.2) is 48.6 Å². The van der Waals surface area contributed by atoms with Crippen molar-refractivity contribution >= 4 is 45.2 Å². The molecule has 2 aromatic heterocycles. The molecule has 196 valence electrons. The van der Waals surface area contributed by atoms with Crippen LogP contribution in [0.2, 0.25) is 0 Å². The molecule has 1 amide bonds. The molecule has 0 fully saturated rings. The molecule has 2 N–H and O–H groups in total. The topological polar surface area (TPSA) is 120 Å². The molecule has 10 heteroatoms. The van der Waals surface area contributed by atoms with Crippen molar-refractivity contribution in [1.82, 2.24) is 9.97 Å². The summed E-state index contributed by atoms with van der Waals surface area (Å²) in [7, 11) is 2.93. The second-order valence-corrected chi connectivity index (χ2v) is 10.0. The van der Waals surface area contributed by atoms with Gasteiger partial charge < -0.3 is 24.5 Å². The molecule has 1 aliphatic rings. The first-order valence-electron chi connectivity index (χ1n) is 12.3. The molecule has 38 heavy (non-hydrogen) atoms. The molecule has 0 bridgehead atoms. The lowest BCUT2D eigenvalue weighted by molar-refractivity contribution is -0.119. The predicted octanol–water partition coefficient (Wildman–Crippen LogP) is 5.15. The number of nitrogens with one attached hydrogen (secondary N) is 2. The Morgan fingerprint density at radius 3 is 2.55 bits per heavy atom.